The Morgan fingerprint density at radius 1 is 1.17 bits per heavy atom. The predicted molar refractivity (Wildman–Crippen MR) is 118 cm³/mol. The van der Waals surface area contributed by atoms with E-state index in [0.717, 1.165) is 41.1 Å². The molecule has 1 aliphatic carbocycles. The summed E-state index contributed by atoms with van der Waals surface area (Å²) >= 11 is 1.60. The first-order valence-corrected chi connectivity index (χ1v) is 11.1. The number of thioether (sulfide) groups is 1. The number of carbonyl (C=O) groups excluding carboxylic acids is 2. The Balaban J connectivity index is 1.72. The summed E-state index contributed by atoms with van der Waals surface area (Å²) in [6.07, 6.45) is 3.89. The molecule has 1 aromatic carbocycles. The summed E-state index contributed by atoms with van der Waals surface area (Å²) in [5, 5.41) is 10.1. The highest BCUT2D eigenvalue weighted by Gasteiger charge is 2.48. The molecule has 0 radical (unpaired) electrons. The van der Waals surface area contributed by atoms with Gasteiger partial charge in [0.25, 0.3) is 0 Å². The van der Waals surface area contributed by atoms with Crippen molar-refractivity contribution in [3.05, 3.63) is 53.8 Å². The largest absolute Gasteiger partial charge is 0.378 e. The van der Waals surface area contributed by atoms with Gasteiger partial charge in [-0.05, 0) is 30.5 Å². The molecule has 154 valence electrons. The topological polar surface area (TPSA) is 73.5 Å². The van der Waals surface area contributed by atoms with E-state index >= 15 is 0 Å². The predicted octanol–water partition coefficient (Wildman–Crippen LogP) is 2.31. The Labute approximate surface area is 176 Å². The first-order valence-electron chi connectivity index (χ1n) is 10.1. The lowest BCUT2D eigenvalue weighted by Crippen LogP contribution is -2.67. The Morgan fingerprint density at radius 2 is 1.93 bits per heavy atom. The fourth-order valence-corrected chi connectivity index (χ4v) is 5.28. The summed E-state index contributed by atoms with van der Waals surface area (Å²) in [5.74, 6) is 0.279. The number of rotatable bonds is 5. The molecule has 29 heavy (non-hydrogen) atoms. The van der Waals surface area contributed by atoms with Gasteiger partial charge in [0, 0.05) is 49.1 Å². The molecular formula is C22H28N4O2S. The van der Waals surface area contributed by atoms with Gasteiger partial charge in [0.05, 0.1) is 12.1 Å². The minimum Gasteiger partial charge on any atom is -0.378 e. The van der Waals surface area contributed by atoms with Crippen LogP contribution < -0.4 is 20.9 Å². The lowest BCUT2D eigenvalue weighted by atomic mass is 9.70. The average molecular weight is 413 g/mol. The van der Waals surface area contributed by atoms with Crippen LogP contribution in [0.5, 0.6) is 0 Å². The summed E-state index contributed by atoms with van der Waals surface area (Å²) < 4.78 is 0. The normalized spacial score (nSPS) is 28.8. The number of hydrogen-bond donors (Lipinski definition) is 3. The first kappa shape index (κ1) is 20.0. The Bertz CT molecular complexity index is 849. The number of hydrogen-bond acceptors (Lipinski definition) is 6. The molecular weight excluding hydrogens is 384 g/mol. The Kier molecular flexibility index (Phi) is 5.69. The Morgan fingerprint density at radius 3 is 2.62 bits per heavy atom. The van der Waals surface area contributed by atoms with Gasteiger partial charge in [-0.25, -0.2) is 0 Å². The van der Waals surface area contributed by atoms with E-state index in [2.05, 4.69) is 46.8 Å². The van der Waals surface area contributed by atoms with E-state index in [4.69, 9.17) is 0 Å². The fourth-order valence-electron chi connectivity index (χ4n) is 4.51. The van der Waals surface area contributed by atoms with Crippen molar-refractivity contribution in [1.29, 1.82) is 0 Å². The number of fused-ring (bicyclic) bond motifs is 1. The molecule has 6 nitrogen and oxygen atoms in total. The van der Waals surface area contributed by atoms with E-state index in [1.165, 1.54) is 0 Å². The number of nitrogens with one attached hydrogen (secondary N) is 3. The second-order valence-corrected chi connectivity index (χ2v) is 9.10. The van der Waals surface area contributed by atoms with Crippen molar-refractivity contribution >= 4 is 29.1 Å². The van der Waals surface area contributed by atoms with Crippen LogP contribution in [0.15, 0.2) is 48.2 Å². The molecule has 7 heteroatoms. The number of allylic oxidation sites excluding steroid dienone is 2. The van der Waals surface area contributed by atoms with Gasteiger partial charge < -0.3 is 15.5 Å². The van der Waals surface area contributed by atoms with Gasteiger partial charge in [-0.3, -0.25) is 14.9 Å². The van der Waals surface area contributed by atoms with Crippen LogP contribution >= 0.6 is 11.8 Å². The van der Waals surface area contributed by atoms with Crippen molar-refractivity contribution in [2.24, 2.45) is 5.92 Å². The third-order valence-corrected chi connectivity index (χ3v) is 6.89. The molecule has 4 rings (SSSR count). The number of ketones is 1. The smallest absolute Gasteiger partial charge is 0.229 e. The zero-order valence-corrected chi connectivity index (χ0v) is 17.7. The molecule has 2 heterocycles. The zero-order chi connectivity index (χ0) is 20.5. The van der Waals surface area contributed by atoms with Crippen molar-refractivity contribution in [1.82, 2.24) is 16.0 Å². The number of benzene rings is 1. The van der Waals surface area contributed by atoms with Crippen LogP contribution in [-0.2, 0) is 9.59 Å². The summed E-state index contributed by atoms with van der Waals surface area (Å²) in [7, 11) is 4.00. The molecule has 0 saturated carbocycles. The second kappa shape index (κ2) is 8.24. The maximum absolute atomic E-state index is 13.2. The minimum atomic E-state index is -0.374. The van der Waals surface area contributed by atoms with Gasteiger partial charge in [0.1, 0.15) is 5.50 Å². The van der Waals surface area contributed by atoms with Gasteiger partial charge in [-0.15, -0.1) is 18.3 Å². The minimum absolute atomic E-state index is 0.0191. The van der Waals surface area contributed by atoms with E-state index < -0.39 is 0 Å². The molecule has 0 aromatic heterocycles. The van der Waals surface area contributed by atoms with Crippen molar-refractivity contribution in [2.45, 2.75) is 36.8 Å². The summed E-state index contributed by atoms with van der Waals surface area (Å²) in [6, 6.07) is 8.22. The number of carbonyl (C=O) groups is 2. The standard InChI is InChI=1S/C22H28N4O2S/c1-4-12-29-22-24-20-19(21(28)25-22)17(13-8-10-14(11-9-13)26(2)3)18-15(23-20)6-5-7-16(18)27/h4,8-11,17,19-20,22-24H,1,5-7,12H2,2-3H3,(H,25,28). The highest BCUT2D eigenvalue weighted by Crippen LogP contribution is 2.44. The molecule has 1 fully saturated rings. The van der Waals surface area contributed by atoms with Crippen LogP contribution in [-0.4, -0.2) is 43.2 Å². The quantitative estimate of drug-likeness (QED) is 0.645. The molecule has 1 aromatic rings. The summed E-state index contributed by atoms with van der Waals surface area (Å²) in [5.41, 5.74) is 3.73. The van der Waals surface area contributed by atoms with Crippen LogP contribution in [0.4, 0.5) is 5.69 Å². The molecule has 3 N–H and O–H groups in total. The van der Waals surface area contributed by atoms with Crippen LogP contribution in [0, 0.1) is 5.92 Å². The van der Waals surface area contributed by atoms with E-state index in [1.807, 2.05) is 25.1 Å². The fraction of sp³-hybridized carbons (Fsp3) is 0.455. The average Bonchev–Trinajstić information content (AvgIpc) is 2.71. The van der Waals surface area contributed by atoms with Gasteiger partial charge in [-0.2, -0.15) is 0 Å². The highest BCUT2D eigenvalue weighted by atomic mass is 32.2. The lowest BCUT2D eigenvalue weighted by molar-refractivity contribution is -0.130. The lowest BCUT2D eigenvalue weighted by Gasteiger charge is -2.47. The Hall–Kier alpha value is -2.25. The van der Waals surface area contributed by atoms with Gasteiger partial charge in [0.15, 0.2) is 5.78 Å². The maximum atomic E-state index is 13.2. The third-order valence-electron chi connectivity index (χ3n) is 5.87. The summed E-state index contributed by atoms with van der Waals surface area (Å²) in [4.78, 5) is 28.1. The molecule has 1 amide bonds. The number of Topliss-reactive ketones (excluding diaryl/α,β-unsaturated/α-hetero) is 1. The highest BCUT2D eigenvalue weighted by molar-refractivity contribution is 7.99. The zero-order valence-electron chi connectivity index (χ0n) is 16.9. The maximum Gasteiger partial charge on any atom is 0.229 e. The third kappa shape index (κ3) is 3.81. The SMILES string of the molecule is C=CCSC1NC(=O)C2C(NC3=C(C(=O)CCC3)C2c2ccc(N(C)C)cc2)N1. The summed E-state index contributed by atoms with van der Waals surface area (Å²) in [6.45, 7) is 3.75. The van der Waals surface area contributed by atoms with Crippen LogP contribution in [0.25, 0.3) is 0 Å². The van der Waals surface area contributed by atoms with Gasteiger partial charge in [-0.1, -0.05) is 18.2 Å². The molecule has 0 bridgehead atoms. The molecule has 2 aliphatic heterocycles. The van der Waals surface area contributed by atoms with Crippen LogP contribution in [0.1, 0.15) is 30.7 Å². The molecule has 1 saturated heterocycles. The van der Waals surface area contributed by atoms with Crippen LogP contribution in [0.2, 0.25) is 0 Å². The van der Waals surface area contributed by atoms with Gasteiger partial charge >= 0.3 is 0 Å². The van der Waals surface area contributed by atoms with Crippen LogP contribution in [0.3, 0.4) is 0 Å². The number of nitrogens with zero attached hydrogens (tertiary/aromatic N) is 1. The van der Waals surface area contributed by atoms with Gasteiger partial charge in [0.2, 0.25) is 5.91 Å². The van der Waals surface area contributed by atoms with Crippen molar-refractivity contribution in [3.8, 4) is 0 Å². The molecule has 4 atom stereocenters. The number of anilines is 1. The van der Waals surface area contributed by atoms with E-state index in [1.54, 1.807) is 11.8 Å². The molecule has 3 aliphatic rings. The van der Waals surface area contributed by atoms with Crippen molar-refractivity contribution in [3.63, 3.8) is 0 Å². The number of amides is 1. The molecule has 0 spiro atoms. The second-order valence-electron chi connectivity index (χ2n) is 7.96. The van der Waals surface area contributed by atoms with Crippen molar-refractivity contribution in [2.75, 3.05) is 24.7 Å². The van der Waals surface area contributed by atoms with E-state index in [9.17, 15) is 9.59 Å². The first-order chi connectivity index (χ1) is 14.0. The molecule has 4 unspecified atom stereocenters. The monoisotopic (exact) mass is 412 g/mol. The van der Waals surface area contributed by atoms with E-state index in [0.29, 0.717) is 6.42 Å². The van der Waals surface area contributed by atoms with E-state index in [-0.39, 0.29) is 35.2 Å². The van der Waals surface area contributed by atoms with Crippen molar-refractivity contribution < 1.29 is 9.59 Å².